The van der Waals surface area contributed by atoms with E-state index >= 15 is 0 Å². The fourth-order valence-corrected chi connectivity index (χ4v) is 2.31. The molecule has 3 heteroatoms. The van der Waals surface area contributed by atoms with Crippen molar-refractivity contribution in [2.75, 3.05) is 0 Å². The van der Waals surface area contributed by atoms with Crippen molar-refractivity contribution in [2.45, 2.75) is 52.5 Å². The van der Waals surface area contributed by atoms with E-state index in [-0.39, 0.29) is 17.9 Å². The molecule has 3 nitrogen and oxygen atoms in total. The van der Waals surface area contributed by atoms with E-state index in [1.165, 1.54) is 4.90 Å². The SMILES string of the molecule is C#CC(CC)N1C(=O)CC(CC)(CC)C1=O. The molecule has 0 saturated carbocycles. The lowest BCUT2D eigenvalue weighted by molar-refractivity contribution is -0.143. The number of terminal acetylenes is 1. The van der Waals surface area contributed by atoms with Crippen LogP contribution in [-0.4, -0.2) is 22.8 Å². The van der Waals surface area contributed by atoms with Crippen LogP contribution in [0.5, 0.6) is 0 Å². The number of carbonyl (C=O) groups excluding carboxylic acids is 2. The summed E-state index contributed by atoms with van der Waals surface area (Å²) in [6.07, 6.45) is 7.70. The van der Waals surface area contributed by atoms with Gasteiger partial charge in [-0.2, -0.15) is 0 Å². The highest BCUT2D eigenvalue weighted by Gasteiger charge is 2.50. The van der Waals surface area contributed by atoms with Crippen molar-refractivity contribution in [3.05, 3.63) is 0 Å². The molecular weight excluding hydrogens is 202 g/mol. The third kappa shape index (κ3) is 1.73. The first kappa shape index (κ1) is 12.8. The molecule has 88 valence electrons. The zero-order valence-electron chi connectivity index (χ0n) is 10.2. The highest BCUT2D eigenvalue weighted by atomic mass is 16.2. The predicted molar refractivity (Wildman–Crippen MR) is 62.4 cm³/mol. The van der Waals surface area contributed by atoms with Gasteiger partial charge in [0.15, 0.2) is 0 Å². The normalized spacial score (nSPS) is 21.0. The lowest BCUT2D eigenvalue weighted by Crippen LogP contribution is -2.41. The van der Waals surface area contributed by atoms with Gasteiger partial charge in [0.05, 0.1) is 5.41 Å². The molecule has 1 atom stereocenters. The van der Waals surface area contributed by atoms with Crippen LogP contribution in [0.3, 0.4) is 0 Å². The van der Waals surface area contributed by atoms with Crippen LogP contribution < -0.4 is 0 Å². The third-order valence-corrected chi connectivity index (χ3v) is 3.68. The quantitative estimate of drug-likeness (QED) is 0.537. The molecule has 0 aromatic rings. The van der Waals surface area contributed by atoms with Crippen molar-refractivity contribution < 1.29 is 9.59 Å². The lowest BCUT2D eigenvalue weighted by Gasteiger charge is -2.26. The van der Waals surface area contributed by atoms with Crippen molar-refractivity contribution in [1.82, 2.24) is 4.90 Å². The van der Waals surface area contributed by atoms with Gasteiger partial charge in [0.1, 0.15) is 6.04 Å². The average Bonchev–Trinajstić information content (AvgIpc) is 2.55. The molecule has 0 radical (unpaired) electrons. The second-order valence-corrected chi connectivity index (χ2v) is 4.32. The van der Waals surface area contributed by atoms with Crippen molar-refractivity contribution >= 4 is 11.8 Å². The van der Waals surface area contributed by atoms with Crippen LogP contribution in [0, 0.1) is 17.8 Å². The van der Waals surface area contributed by atoms with Gasteiger partial charge in [0, 0.05) is 6.42 Å². The number of hydrogen-bond acceptors (Lipinski definition) is 2. The van der Waals surface area contributed by atoms with Crippen LogP contribution >= 0.6 is 0 Å². The number of nitrogens with zero attached hydrogens (tertiary/aromatic N) is 1. The van der Waals surface area contributed by atoms with E-state index in [1.807, 2.05) is 20.8 Å². The Balaban J connectivity index is 3.04. The van der Waals surface area contributed by atoms with Crippen LogP contribution in [0.25, 0.3) is 0 Å². The molecule has 0 spiro atoms. The van der Waals surface area contributed by atoms with Gasteiger partial charge < -0.3 is 0 Å². The number of carbonyl (C=O) groups is 2. The van der Waals surface area contributed by atoms with E-state index in [4.69, 9.17) is 6.42 Å². The van der Waals surface area contributed by atoms with Gasteiger partial charge in [0.2, 0.25) is 11.8 Å². The minimum atomic E-state index is -0.499. The lowest BCUT2D eigenvalue weighted by atomic mass is 9.81. The Bertz CT molecular complexity index is 336. The Morgan fingerprint density at radius 1 is 1.38 bits per heavy atom. The molecule has 2 amide bonds. The Kier molecular flexibility index (Phi) is 3.74. The summed E-state index contributed by atoms with van der Waals surface area (Å²) < 4.78 is 0. The second kappa shape index (κ2) is 4.69. The zero-order valence-corrected chi connectivity index (χ0v) is 10.2. The van der Waals surface area contributed by atoms with E-state index in [1.54, 1.807) is 0 Å². The minimum absolute atomic E-state index is 0.0766. The van der Waals surface area contributed by atoms with Crippen molar-refractivity contribution in [1.29, 1.82) is 0 Å². The Labute approximate surface area is 97.2 Å². The number of rotatable bonds is 4. The molecule has 1 fully saturated rings. The van der Waals surface area contributed by atoms with Crippen LogP contribution in [0.15, 0.2) is 0 Å². The van der Waals surface area contributed by atoms with Crippen LogP contribution in [0.1, 0.15) is 46.5 Å². The van der Waals surface area contributed by atoms with Gasteiger partial charge >= 0.3 is 0 Å². The molecule has 1 unspecified atom stereocenters. The molecule has 1 rings (SSSR count). The molecule has 0 aliphatic carbocycles. The summed E-state index contributed by atoms with van der Waals surface area (Å²) in [5, 5.41) is 0. The van der Waals surface area contributed by atoms with Gasteiger partial charge in [-0.3, -0.25) is 14.5 Å². The average molecular weight is 221 g/mol. The number of imide groups is 1. The summed E-state index contributed by atoms with van der Waals surface area (Å²) in [5.41, 5.74) is -0.499. The minimum Gasteiger partial charge on any atom is -0.274 e. The van der Waals surface area contributed by atoms with E-state index in [0.717, 1.165) is 0 Å². The van der Waals surface area contributed by atoms with Crippen molar-refractivity contribution in [2.24, 2.45) is 5.41 Å². The predicted octanol–water partition coefficient (Wildman–Crippen LogP) is 1.96. The van der Waals surface area contributed by atoms with Crippen molar-refractivity contribution in [3.8, 4) is 12.3 Å². The number of amides is 2. The molecule has 1 saturated heterocycles. The topological polar surface area (TPSA) is 37.4 Å². The summed E-state index contributed by atoms with van der Waals surface area (Å²) in [6.45, 7) is 5.80. The number of hydrogen-bond donors (Lipinski definition) is 0. The molecular formula is C13H19NO2. The fourth-order valence-electron chi connectivity index (χ4n) is 2.31. The first-order valence-electron chi connectivity index (χ1n) is 5.88. The van der Waals surface area contributed by atoms with Gasteiger partial charge in [0.25, 0.3) is 0 Å². The molecule has 0 bridgehead atoms. The Morgan fingerprint density at radius 2 is 1.94 bits per heavy atom. The molecule has 0 N–H and O–H groups in total. The molecule has 0 aromatic heterocycles. The van der Waals surface area contributed by atoms with E-state index in [0.29, 0.717) is 25.7 Å². The van der Waals surface area contributed by atoms with E-state index in [9.17, 15) is 9.59 Å². The summed E-state index contributed by atoms with van der Waals surface area (Å²) >= 11 is 0. The van der Waals surface area contributed by atoms with E-state index < -0.39 is 5.41 Å². The first-order chi connectivity index (χ1) is 7.56. The first-order valence-corrected chi connectivity index (χ1v) is 5.88. The van der Waals surface area contributed by atoms with Crippen LogP contribution in [-0.2, 0) is 9.59 Å². The van der Waals surface area contributed by atoms with Crippen LogP contribution in [0.2, 0.25) is 0 Å². The smallest absolute Gasteiger partial charge is 0.236 e. The van der Waals surface area contributed by atoms with Gasteiger partial charge in [-0.15, -0.1) is 6.42 Å². The van der Waals surface area contributed by atoms with Crippen molar-refractivity contribution in [3.63, 3.8) is 0 Å². The molecule has 1 aliphatic heterocycles. The Morgan fingerprint density at radius 3 is 2.25 bits per heavy atom. The maximum atomic E-state index is 12.3. The summed E-state index contributed by atoms with van der Waals surface area (Å²) in [7, 11) is 0. The maximum Gasteiger partial charge on any atom is 0.236 e. The molecule has 1 heterocycles. The highest BCUT2D eigenvalue weighted by molar-refractivity contribution is 6.06. The summed E-state index contributed by atoms with van der Waals surface area (Å²) in [6, 6.07) is -0.375. The highest BCUT2D eigenvalue weighted by Crippen LogP contribution is 2.40. The van der Waals surface area contributed by atoms with Gasteiger partial charge in [-0.25, -0.2) is 0 Å². The third-order valence-electron chi connectivity index (χ3n) is 3.68. The standard InChI is InChI=1S/C13H19NO2/c1-5-10(6-2)14-11(15)9-13(7-3,8-4)12(14)16/h1,10H,6-9H2,2-4H3. The zero-order chi connectivity index (χ0) is 12.3. The Hall–Kier alpha value is -1.30. The van der Waals surface area contributed by atoms with Crippen LogP contribution in [0.4, 0.5) is 0 Å². The molecule has 16 heavy (non-hydrogen) atoms. The monoisotopic (exact) mass is 221 g/mol. The largest absolute Gasteiger partial charge is 0.274 e. The second-order valence-electron chi connectivity index (χ2n) is 4.32. The van der Waals surface area contributed by atoms with E-state index in [2.05, 4.69) is 5.92 Å². The maximum absolute atomic E-state index is 12.3. The summed E-state index contributed by atoms with van der Waals surface area (Å²) in [5.74, 6) is 2.34. The molecule has 1 aliphatic rings. The molecule has 0 aromatic carbocycles. The summed E-state index contributed by atoms with van der Waals surface area (Å²) in [4.78, 5) is 25.5. The van der Waals surface area contributed by atoms with Gasteiger partial charge in [-0.05, 0) is 19.3 Å². The number of likely N-dealkylation sites (tertiary alicyclic amines) is 1. The fraction of sp³-hybridized carbons (Fsp3) is 0.692. The van der Waals surface area contributed by atoms with Gasteiger partial charge in [-0.1, -0.05) is 26.7 Å².